The molecular weight excluding hydrogens is 376 g/mol. The zero-order valence-electron chi connectivity index (χ0n) is 16.6. The number of halogens is 1. The molecule has 2 amide bonds. The molecular formula is C22H27ClN2O3. The molecule has 0 aliphatic rings. The van der Waals surface area contributed by atoms with Crippen LogP contribution in [0.5, 0.6) is 5.75 Å². The van der Waals surface area contributed by atoms with Gasteiger partial charge in [0.2, 0.25) is 11.8 Å². The summed E-state index contributed by atoms with van der Waals surface area (Å²) in [5.74, 6) is 0.467. The summed E-state index contributed by atoms with van der Waals surface area (Å²) >= 11 is 5.94. The lowest BCUT2D eigenvalue weighted by molar-refractivity contribution is -0.140. The fraction of sp³-hybridized carbons (Fsp3) is 0.364. The van der Waals surface area contributed by atoms with E-state index >= 15 is 0 Å². The van der Waals surface area contributed by atoms with Crippen molar-refractivity contribution >= 4 is 23.4 Å². The van der Waals surface area contributed by atoms with Crippen LogP contribution in [0.3, 0.4) is 0 Å². The zero-order valence-corrected chi connectivity index (χ0v) is 17.3. The average Bonchev–Trinajstić information content (AvgIpc) is 2.70. The van der Waals surface area contributed by atoms with Gasteiger partial charge in [-0.1, -0.05) is 42.8 Å². The van der Waals surface area contributed by atoms with Crippen LogP contribution in [0, 0.1) is 0 Å². The van der Waals surface area contributed by atoms with Crippen molar-refractivity contribution in [2.24, 2.45) is 0 Å². The molecule has 0 saturated heterocycles. The second-order valence-corrected chi connectivity index (χ2v) is 6.93. The van der Waals surface area contributed by atoms with Crippen molar-refractivity contribution in [3.63, 3.8) is 0 Å². The van der Waals surface area contributed by atoms with Crippen molar-refractivity contribution < 1.29 is 14.3 Å². The molecule has 2 aromatic carbocycles. The number of hydrogen-bond acceptors (Lipinski definition) is 3. The third-order valence-corrected chi connectivity index (χ3v) is 4.74. The van der Waals surface area contributed by atoms with E-state index in [0.717, 1.165) is 11.1 Å². The number of nitrogens with zero attached hydrogens (tertiary/aromatic N) is 1. The average molecular weight is 403 g/mol. The molecule has 0 radical (unpaired) electrons. The van der Waals surface area contributed by atoms with Crippen molar-refractivity contribution in [1.82, 2.24) is 10.2 Å². The van der Waals surface area contributed by atoms with Crippen LogP contribution in [0.4, 0.5) is 0 Å². The van der Waals surface area contributed by atoms with E-state index in [1.165, 1.54) is 0 Å². The number of methoxy groups -OCH3 is 1. The van der Waals surface area contributed by atoms with Gasteiger partial charge in [0.15, 0.2) is 0 Å². The van der Waals surface area contributed by atoms with Gasteiger partial charge >= 0.3 is 0 Å². The summed E-state index contributed by atoms with van der Waals surface area (Å²) < 4.78 is 5.28. The normalized spacial score (nSPS) is 11.6. The van der Waals surface area contributed by atoms with Gasteiger partial charge in [0.1, 0.15) is 11.8 Å². The van der Waals surface area contributed by atoms with Gasteiger partial charge in [0, 0.05) is 18.1 Å². The molecule has 1 N–H and O–H groups in total. The molecule has 1 atom stereocenters. The summed E-state index contributed by atoms with van der Waals surface area (Å²) in [7, 11) is 1.60. The largest absolute Gasteiger partial charge is 0.497 e. The fourth-order valence-corrected chi connectivity index (χ4v) is 3.18. The lowest BCUT2D eigenvalue weighted by Gasteiger charge is -2.30. The van der Waals surface area contributed by atoms with E-state index < -0.39 is 6.04 Å². The summed E-state index contributed by atoms with van der Waals surface area (Å²) in [5, 5.41) is 3.46. The van der Waals surface area contributed by atoms with E-state index in [9.17, 15) is 9.59 Å². The molecule has 2 rings (SSSR count). The SMILES string of the molecule is CCNC(=O)C(CC)N(Cc1cccc(OC)c1)C(=O)Cc1ccc(Cl)cc1. The van der Waals surface area contributed by atoms with Crippen LogP contribution in [-0.2, 0) is 22.6 Å². The quantitative estimate of drug-likeness (QED) is 0.693. The van der Waals surface area contributed by atoms with E-state index in [4.69, 9.17) is 16.3 Å². The fourth-order valence-electron chi connectivity index (χ4n) is 3.06. The minimum Gasteiger partial charge on any atom is -0.497 e. The second-order valence-electron chi connectivity index (χ2n) is 6.50. The molecule has 0 bridgehead atoms. The molecule has 0 spiro atoms. The Labute approximate surface area is 171 Å². The maximum absolute atomic E-state index is 13.1. The van der Waals surface area contributed by atoms with Crippen LogP contribution >= 0.6 is 11.6 Å². The Balaban J connectivity index is 2.28. The van der Waals surface area contributed by atoms with Crippen molar-refractivity contribution in [3.05, 3.63) is 64.7 Å². The van der Waals surface area contributed by atoms with Crippen LogP contribution in [0.2, 0.25) is 5.02 Å². The van der Waals surface area contributed by atoms with Gasteiger partial charge < -0.3 is 15.0 Å². The standard InChI is InChI=1S/C22H27ClN2O3/c1-4-20(22(27)24-5-2)25(15-17-7-6-8-19(13-17)28-3)21(26)14-16-9-11-18(23)12-10-16/h6-13,20H,4-5,14-15H2,1-3H3,(H,24,27). The third kappa shape index (κ3) is 5.99. The minimum absolute atomic E-state index is 0.108. The molecule has 0 fully saturated rings. The van der Waals surface area contributed by atoms with Gasteiger partial charge in [0.05, 0.1) is 13.5 Å². The number of likely N-dealkylation sites (N-methyl/N-ethyl adjacent to an activating group) is 1. The number of benzene rings is 2. The van der Waals surface area contributed by atoms with Crippen molar-refractivity contribution in [3.8, 4) is 5.75 Å². The van der Waals surface area contributed by atoms with Gasteiger partial charge in [-0.2, -0.15) is 0 Å². The zero-order chi connectivity index (χ0) is 20.5. The van der Waals surface area contributed by atoms with Crippen molar-refractivity contribution in [2.75, 3.05) is 13.7 Å². The first-order valence-electron chi connectivity index (χ1n) is 9.43. The highest BCUT2D eigenvalue weighted by molar-refractivity contribution is 6.30. The van der Waals surface area contributed by atoms with Gasteiger partial charge in [-0.25, -0.2) is 0 Å². The number of carbonyl (C=O) groups excluding carboxylic acids is 2. The smallest absolute Gasteiger partial charge is 0.242 e. The maximum Gasteiger partial charge on any atom is 0.242 e. The van der Waals surface area contributed by atoms with Crippen LogP contribution in [-0.4, -0.2) is 36.4 Å². The third-order valence-electron chi connectivity index (χ3n) is 4.49. The molecule has 0 aromatic heterocycles. The second kappa shape index (κ2) is 10.7. The van der Waals surface area contributed by atoms with Gasteiger partial charge in [-0.15, -0.1) is 0 Å². The number of hydrogen-bond donors (Lipinski definition) is 1. The van der Waals surface area contributed by atoms with E-state index in [1.54, 1.807) is 24.1 Å². The van der Waals surface area contributed by atoms with Crippen LogP contribution in [0.15, 0.2) is 48.5 Å². The molecule has 0 saturated carbocycles. The van der Waals surface area contributed by atoms with Crippen LogP contribution in [0.1, 0.15) is 31.4 Å². The maximum atomic E-state index is 13.1. The summed E-state index contributed by atoms with van der Waals surface area (Å²) in [4.78, 5) is 27.4. The Morgan fingerprint density at radius 1 is 1.11 bits per heavy atom. The molecule has 150 valence electrons. The number of carbonyl (C=O) groups is 2. The number of ether oxygens (including phenoxy) is 1. The van der Waals surface area contributed by atoms with E-state index in [-0.39, 0.29) is 18.2 Å². The Bertz CT molecular complexity index is 793. The molecule has 5 nitrogen and oxygen atoms in total. The van der Waals surface area contributed by atoms with Crippen LogP contribution in [0.25, 0.3) is 0 Å². The highest BCUT2D eigenvalue weighted by Crippen LogP contribution is 2.19. The first-order valence-corrected chi connectivity index (χ1v) is 9.80. The summed E-state index contributed by atoms with van der Waals surface area (Å²) in [6.07, 6.45) is 0.735. The summed E-state index contributed by atoms with van der Waals surface area (Å²) in [6, 6.07) is 14.2. The van der Waals surface area contributed by atoms with Gasteiger partial charge in [0.25, 0.3) is 0 Å². The van der Waals surface area contributed by atoms with Crippen molar-refractivity contribution in [1.29, 1.82) is 0 Å². The van der Waals surface area contributed by atoms with Crippen LogP contribution < -0.4 is 10.1 Å². The molecule has 0 aliphatic carbocycles. The number of rotatable bonds is 9. The highest BCUT2D eigenvalue weighted by Gasteiger charge is 2.28. The molecule has 28 heavy (non-hydrogen) atoms. The monoisotopic (exact) mass is 402 g/mol. The Kier molecular flexibility index (Phi) is 8.33. The molecule has 6 heteroatoms. The lowest BCUT2D eigenvalue weighted by atomic mass is 10.1. The molecule has 0 aliphatic heterocycles. The van der Waals surface area contributed by atoms with Gasteiger partial charge in [-0.05, 0) is 48.7 Å². The first-order chi connectivity index (χ1) is 13.5. The Morgan fingerprint density at radius 3 is 2.43 bits per heavy atom. The predicted octanol–water partition coefficient (Wildman–Crippen LogP) is 3.83. The highest BCUT2D eigenvalue weighted by atomic mass is 35.5. The Hall–Kier alpha value is -2.53. The lowest BCUT2D eigenvalue weighted by Crippen LogP contribution is -2.49. The summed E-state index contributed by atoms with van der Waals surface area (Å²) in [5.41, 5.74) is 1.77. The van der Waals surface area contributed by atoms with Gasteiger partial charge in [-0.3, -0.25) is 9.59 Å². The van der Waals surface area contributed by atoms with Crippen molar-refractivity contribution in [2.45, 2.75) is 39.3 Å². The number of amides is 2. The first kappa shape index (κ1) is 21.8. The minimum atomic E-state index is -0.536. The molecule has 0 heterocycles. The topological polar surface area (TPSA) is 58.6 Å². The van der Waals surface area contributed by atoms with E-state index in [1.807, 2.05) is 50.2 Å². The number of nitrogens with one attached hydrogen (secondary N) is 1. The van der Waals surface area contributed by atoms with E-state index in [0.29, 0.717) is 30.3 Å². The Morgan fingerprint density at radius 2 is 1.82 bits per heavy atom. The molecule has 2 aromatic rings. The van der Waals surface area contributed by atoms with E-state index in [2.05, 4.69) is 5.32 Å². The predicted molar refractivity (Wildman–Crippen MR) is 111 cm³/mol. The molecule has 1 unspecified atom stereocenters. The summed E-state index contributed by atoms with van der Waals surface area (Å²) in [6.45, 7) is 4.63.